The Kier molecular flexibility index (Phi) is 5.52. The summed E-state index contributed by atoms with van der Waals surface area (Å²) in [4.78, 5) is 21.4. The second-order valence-electron chi connectivity index (χ2n) is 7.03. The second-order valence-corrected chi connectivity index (χ2v) is 7.47. The van der Waals surface area contributed by atoms with Gasteiger partial charge in [0.2, 0.25) is 0 Å². The van der Waals surface area contributed by atoms with Gasteiger partial charge in [0.1, 0.15) is 17.4 Å². The van der Waals surface area contributed by atoms with Gasteiger partial charge in [-0.3, -0.25) is 9.78 Å². The smallest absolute Gasteiger partial charge is 0.420 e. The molecule has 4 aromatic rings. The highest BCUT2D eigenvalue weighted by Gasteiger charge is 2.27. The number of aryl methyl sites for hydroxylation is 2. The minimum Gasteiger partial charge on any atom is -0.420 e. The number of alkyl halides is 3. The van der Waals surface area contributed by atoms with E-state index in [0.717, 1.165) is 12.0 Å². The third-order valence-corrected chi connectivity index (χ3v) is 4.91. The Balaban J connectivity index is 1.69. The second kappa shape index (κ2) is 8.16. The highest BCUT2D eigenvalue weighted by Crippen LogP contribution is 2.31. The molecule has 4 rings (SSSR count). The number of hydrogen-bond donors (Lipinski definition) is 1. The maximum absolute atomic E-state index is 13.8. The molecule has 164 valence electrons. The highest BCUT2D eigenvalue weighted by molar-refractivity contribution is 6.20. The first-order chi connectivity index (χ1) is 15.1. The van der Waals surface area contributed by atoms with Crippen LogP contribution >= 0.6 is 11.6 Å². The number of halogens is 4. The van der Waals surface area contributed by atoms with E-state index < -0.39 is 17.3 Å². The number of rotatable bonds is 5. The van der Waals surface area contributed by atoms with Crippen molar-refractivity contribution in [3.05, 3.63) is 72.1 Å². The molecule has 0 saturated carbocycles. The molecule has 6 nitrogen and oxygen atoms in total. The van der Waals surface area contributed by atoms with Crippen molar-refractivity contribution >= 4 is 34.2 Å². The van der Waals surface area contributed by atoms with Gasteiger partial charge in [0.05, 0.1) is 17.2 Å². The van der Waals surface area contributed by atoms with Gasteiger partial charge in [0.25, 0.3) is 5.91 Å². The van der Waals surface area contributed by atoms with Crippen molar-refractivity contribution < 1.29 is 22.7 Å². The Hall–Kier alpha value is -3.59. The standard InChI is InChI=1S/C22H16ClF3N4O2/c1-12-28-20-18(14-7-15(24)11-27-10-14)8-13(9-19(20)30(12)2)21(31)29-16-3-5-17(6-4-16)32-22(23,25)26/h3-11H,1-2H3,(H,29,31). The molecule has 1 N–H and O–H groups in total. The maximum atomic E-state index is 13.8. The number of fused-ring (bicyclic) bond motifs is 1. The van der Waals surface area contributed by atoms with Gasteiger partial charge < -0.3 is 14.6 Å². The van der Waals surface area contributed by atoms with Crippen molar-refractivity contribution in [2.24, 2.45) is 7.05 Å². The Morgan fingerprint density at radius 2 is 1.88 bits per heavy atom. The summed E-state index contributed by atoms with van der Waals surface area (Å²) < 4.78 is 45.4. The van der Waals surface area contributed by atoms with Crippen LogP contribution in [0.5, 0.6) is 5.75 Å². The van der Waals surface area contributed by atoms with Crippen LogP contribution in [-0.4, -0.2) is 26.0 Å². The molecule has 10 heteroatoms. The fraction of sp³-hybridized carbons (Fsp3) is 0.136. The van der Waals surface area contributed by atoms with Crippen LogP contribution in [0.4, 0.5) is 18.9 Å². The zero-order valence-electron chi connectivity index (χ0n) is 16.9. The lowest BCUT2D eigenvalue weighted by molar-refractivity contribution is -0.0964. The molecule has 0 aliphatic carbocycles. The number of nitrogens with one attached hydrogen (secondary N) is 1. The molecule has 0 bridgehead atoms. The normalized spacial score (nSPS) is 11.6. The summed E-state index contributed by atoms with van der Waals surface area (Å²) in [5, 5.41) is 2.69. The summed E-state index contributed by atoms with van der Waals surface area (Å²) in [7, 11) is 1.81. The number of ether oxygens (including phenoxy) is 1. The fourth-order valence-electron chi connectivity index (χ4n) is 3.26. The lowest BCUT2D eigenvalue weighted by atomic mass is 10.0. The van der Waals surface area contributed by atoms with Crippen molar-refractivity contribution in [3.63, 3.8) is 0 Å². The molecule has 2 aromatic carbocycles. The maximum Gasteiger partial charge on any atom is 0.487 e. The predicted molar refractivity (Wildman–Crippen MR) is 114 cm³/mol. The predicted octanol–water partition coefficient (Wildman–Crippen LogP) is 5.50. The summed E-state index contributed by atoms with van der Waals surface area (Å²) in [5.41, 5.74) is -0.852. The molecule has 1 amide bonds. The molecule has 0 radical (unpaired) electrons. The van der Waals surface area contributed by atoms with Gasteiger partial charge in [-0.25, -0.2) is 9.37 Å². The first-order valence-corrected chi connectivity index (χ1v) is 9.74. The number of anilines is 1. The molecule has 0 unspecified atom stereocenters. The van der Waals surface area contributed by atoms with E-state index in [2.05, 4.69) is 20.0 Å². The number of nitrogens with zero attached hydrogens (tertiary/aromatic N) is 3. The molecule has 0 aliphatic heterocycles. The number of imidazole rings is 1. The fourth-order valence-corrected chi connectivity index (χ4v) is 3.35. The van der Waals surface area contributed by atoms with Crippen LogP contribution in [0.25, 0.3) is 22.2 Å². The number of aromatic nitrogens is 3. The number of hydrogen-bond acceptors (Lipinski definition) is 4. The van der Waals surface area contributed by atoms with E-state index in [9.17, 15) is 18.0 Å². The molecule has 32 heavy (non-hydrogen) atoms. The van der Waals surface area contributed by atoms with Gasteiger partial charge in [0.15, 0.2) is 0 Å². The summed E-state index contributed by atoms with van der Waals surface area (Å²) in [6.07, 6.45) is 2.59. The van der Waals surface area contributed by atoms with Crippen LogP contribution in [0.1, 0.15) is 16.2 Å². The number of pyridine rings is 1. The quantitative estimate of drug-likeness (QED) is 0.399. The van der Waals surface area contributed by atoms with Gasteiger partial charge in [-0.05, 0) is 49.4 Å². The summed E-state index contributed by atoms with van der Waals surface area (Å²) in [6, 6.07) is 9.91. The monoisotopic (exact) mass is 460 g/mol. The van der Waals surface area contributed by atoms with Gasteiger partial charge in [-0.15, -0.1) is 8.78 Å². The van der Waals surface area contributed by atoms with Crippen LogP contribution in [0.3, 0.4) is 0 Å². The van der Waals surface area contributed by atoms with E-state index in [1.165, 1.54) is 36.5 Å². The minimum absolute atomic E-state index is 0.157. The van der Waals surface area contributed by atoms with Gasteiger partial charge in [-0.2, -0.15) is 0 Å². The molecule has 0 aliphatic rings. The van der Waals surface area contributed by atoms with Crippen LogP contribution in [0.15, 0.2) is 54.9 Å². The number of carbonyl (C=O) groups is 1. The summed E-state index contributed by atoms with van der Waals surface area (Å²) in [6.45, 7) is 1.82. The largest absolute Gasteiger partial charge is 0.487 e. The van der Waals surface area contributed by atoms with E-state index in [1.807, 2.05) is 18.5 Å². The Morgan fingerprint density at radius 3 is 2.53 bits per heavy atom. The minimum atomic E-state index is -3.83. The average molecular weight is 461 g/mol. The van der Waals surface area contributed by atoms with E-state index >= 15 is 0 Å². The third kappa shape index (κ3) is 4.52. The topological polar surface area (TPSA) is 69.0 Å². The van der Waals surface area contributed by atoms with E-state index in [-0.39, 0.29) is 5.75 Å². The Labute approximate surface area is 185 Å². The van der Waals surface area contributed by atoms with Crippen LogP contribution in [-0.2, 0) is 7.05 Å². The molecule has 0 saturated heterocycles. The Bertz CT molecular complexity index is 1320. The van der Waals surface area contributed by atoms with Crippen molar-refractivity contribution in [2.75, 3.05) is 5.32 Å². The lowest BCUT2D eigenvalue weighted by Crippen LogP contribution is -2.16. The molecular weight excluding hydrogens is 445 g/mol. The average Bonchev–Trinajstić information content (AvgIpc) is 3.01. The Morgan fingerprint density at radius 1 is 1.16 bits per heavy atom. The summed E-state index contributed by atoms with van der Waals surface area (Å²) >= 11 is 4.75. The van der Waals surface area contributed by atoms with Gasteiger partial charge in [0, 0.05) is 47.2 Å². The van der Waals surface area contributed by atoms with Crippen LogP contribution in [0, 0.1) is 12.7 Å². The van der Waals surface area contributed by atoms with Crippen molar-refractivity contribution in [3.8, 4) is 16.9 Å². The van der Waals surface area contributed by atoms with Crippen molar-refractivity contribution in [1.29, 1.82) is 0 Å². The highest BCUT2D eigenvalue weighted by atomic mass is 35.5. The molecule has 2 aromatic heterocycles. The first kappa shape index (κ1) is 21.6. The molecule has 0 fully saturated rings. The molecule has 0 atom stereocenters. The van der Waals surface area contributed by atoms with Gasteiger partial charge >= 0.3 is 5.57 Å². The molecule has 2 heterocycles. The van der Waals surface area contributed by atoms with Crippen LogP contribution < -0.4 is 10.1 Å². The zero-order chi connectivity index (χ0) is 23.0. The summed E-state index contributed by atoms with van der Waals surface area (Å²) in [5.74, 6) is -0.402. The lowest BCUT2D eigenvalue weighted by Gasteiger charge is -2.12. The van der Waals surface area contributed by atoms with Crippen molar-refractivity contribution in [2.45, 2.75) is 12.5 Å². The molecular formula is C22H16ClF3N4O2. The third-order valence-electron chi connectivity index (χ3n) is 4.83. The van der Waals surface area contributed by atoms with Crippen molar-refractivity contribution in [1.82, 2.24) is 14.5 Å². The van der Waals surface area contributed by atoms with Crippen LogP contribution in [0.2, 0.25) is 0 Å². The van der Waals surface area contributed by atoms with E-state index in [4.69, 9.17) is 11.6 Å². The van der Waals surface area contributed by atoms with E-state index in [0.29, 0.717) is 33.4 Å². The van der Waals surface area contributed by atoms with E-state index in [1.54, 1.807) is 12.1 Å². The number of benzene rings is 2. The number of carbonyl (C=O) groups excluding carboxylic acids is 1. The zero-order valence-corrected chi connectivity index (χ0v) is 17.6. The number of amides is 1. The van der Waals surface area contributed by atoms with Gasteiger partial charge in [-0.1, -0.05) is 0 Å². The first-order valence-electron chi connectivity index (χ1n) is 9.36. The molecule has 0 spiro atoms. The SMILES string of the molecule is Cc1nc2c(-c3cncc(F)c3)cc(C(=O)Nc3ccc(OC(F)(F)Cl)cc3)cc2n1C.